The zero-order valence-electron chi connectivity index (χ0n) is 9.18. The molecule has 1 radical (unpaired) electrons. The molecule has 0 atom stereocenters. The summed E-state index contributed by atoms with van der Waals surface area (Å²) in [6.45, 7) is 6.68. The van der Waals surface area contributed by atoms with Gasteiger partial charge in [-0.3, -0.25) is 0 Å². The van der Waals surface area contributed by atoms with Crippen molar-refractivity contribution >= 4 is 24.4 Å². The predicted octanol–water partition coefficient (Wildman–Crippen LogP) is 3.34. The van der Waals surface area contributed by atoms with Crippen LogP contribution in [0.5, 0.6) is 0 Å². The Balaban J connectivity index is 2.91. The first-order valence-corrected chi connectivity index (χ1v) is 7.96. The highest BCUT2D eigenvalue weighted by Gasteiger charge is 2.13. The van der Waals surface area contributed by atoms with E-state index in [1.165, 1.54) is 10.8 Å². The van der Waals surface area contributed by atoms with E-state index in [2.05, 4.69) is 45.0 Å². The van der Waals surface area contributed by atoms with Crippen LogP contribution in [-0.4, -0.2) is 8.11 Å². The van der Waals surface area contributed by atoms with Crippen molar-refractivity contribution in [2.75, 3.05) is 0 Å². The summed E-state index contributed by atoms with van der Waals surface area (Å²) in [5.41, 5.74) is 1.45. The van der Waals surface area contributed by atoms with Gasteiger partial charge in [-0.1, -0.05) is 45.0 Å². The predicted molar refractivity (Wildman–Crippen MR) is 66.7 cm³/mol. The van der Waals surface area contributed by atoms with Crippen LogP contribution in [0, 0.1) is 5.92 Å². The Morgan fingerprint density at radius 3 is 2.50 bits per heavy atom. The fourth-order valence-electron chi connectivity index (χ4n) is 1.59. The van der Waals surface area contributed by atoms with Crippen molar-refractivity contribution in [2.24, 2.45) is 5.92 Å². The van der Waals surface area contributed by atoms with Crippen molar-refractivity contribution in [3.05, 3.63) is 29.8 Å². The minimum absolute atomic E-state index is 0.708. The number of hydrogen-bond donors (Lipinski definition) is 0. The first-order chi connectivity index (χ1) is 6.65. The van der Waals surface area contributed by atoms with E-state index >= 15 is 0 Å². The van der Waals surface area contributed by atoms with Gasteiger partial charge in [0.1, 0.15) is 0 Å². The van der Waals surface area contributed by atoms with Crippen molar-refractivity contribution in [1.29, 1.82) is 0 Å². The number of benzene rings is 1. The third kappa shape index (κ3) is 3.14. The van der Waals surface area contributed by atoms with Crippen LogP contribution >= 0.6 is 11.1 Å². The van der Waals surface area contributed by atoms with Gasteiger partial charge < -0.3 is 0 Å². The average molecular weight is 226 g/mol. The molecule has 0 aromatic heterocycles. The molecule has 14 heavy (non-hydrogen) atoms. The normalized spacial score (nSPS) is 11.3. The van der Waals surface area contributed by atoms with Gasteiger partial charge in [-0.15, -0.1) is 0 Å². The van der Waals surface area contributed by atoms with E-state index in [4.69, 9.17) is 11.1 Å². The van der Waals surface area contributed by atoms with E-state index in [0.717, 1.165) is 12.5 Å². The molecule has 77 valence electrons. The van der Waals surface area contributed by atoms with Gasteiger partial charge in [-0.25, -0.2) is 0 Å². The van der Waals surface area contributed by atoms with Gasteiger partial charge in [0.25, 0.3) is 0 Å². The van der Waals surface area contributed by atoms with Crippen molar-refractivity contribution in [3.63, 3.8) is 0 Å². The molecule has 0 saturated carbocycles. The fraction of sp³-hybridized carbons (Fsp3) is 0.500. The largest absolute Gasteiger partial charge is 0.199 e. The zero-order valence-corrected chi connectivity index (χ0v) is 10.9. The molecule has 1 aromatic rings. The first kappa shape index (κ1) is 11.8. The minimum Gasteiger partial charge on any atom is -0.163 e. The molecule has 0 N–H and O–H groups in total. The molecule has 0 nitrogen and oxygen atoms in total. The lowest BCUT2D eigenvalue weighted by molar-refractivity contribution is 0.649. The van der Waals surface area contributed by atoms with Gasteiger partial charge in [0, 0.05) is 0 Å². The summed E-state index contributed by atoms with van der Waals surface area (Å²) in [5, 5.41) is 1.41. The van der Waals surface area contributed by atoms with Crippen LogP contribution in [-0.2, 0) is 6.42 Å². The van der Waals surface area contributed by atoms with Gasteiger partial charge in [0.15, 0.2) is 8.11 Å². The molecular formula is C12H18ClSi. The SMILES string of the molecule is CC[Si](Cl)c1ccccc1CC(C)C. The average Bonchev–Trinajstić information content (AvgIpc) is 2.16. The van der Waals surface area contributed by atoms with Gasteiger partial charge in [-0.05, 0) is 29.1 Å². The number of rotatable bonds is 4. The summed E-state index contributed by atoms with van der Waals surface area (Å²) in [5.74, 6) is 0.708. The topological polar surface area (TPSA) is 0 Å². The maximum absolute atomic E-state index is 6.38. The van der Waals surface area contributed by atoms with Gasteiger partial charge in [0.05, 0.1) is 0 Å². The Hall–Kier alpha value is -0.273. The maximum Gasteiger partial charge on any atom is 0.199 e. The summed E-state index contributed by atoms with van der Waals surface area (Å²) in [6.07, 6.45) is 1.15. The highest BCUT2D eigenvalue weighted by Crippen LogP contribution is 2.09. The highest BCUT2D eigenvalue weighted by molar-refractivity contribution is 7.14. The lowest BCUT2D eigenvalue weighted by Crippen LogP contribution is -2.27. The molecule has 1 aromatic carbocycles. The molecule has 0 unspecified atom stereocenters. The van der Waals surface area contributed by atoms with Crippen molar-refractivity contribution in [3.8, 4) is 0 Å². The molecule has 0 amide bonds. The Morgan fingerprint density at radius 1 is 1.29 bits per heavy atom. The zero-order chi connectivity index (χ0) is 10.6. The van der Waals surface area contributed by atoms with Gasteiger partial charge in [-0.2, -0.15) is 11.1 Å². The Kier molecular flexibility index (Phi) is 4.69. The molecule has 0 heterocycles. The standard InChI is InChI=1S/C12H18ClSi/c1-4-14(13)12-8-6-5-7-11(12)9-10(2)3/h5-8,10H,4,9H2,1-3H3. The van der Waals surface area contributed by atoms with E-state index < -0.39 is 8.11 Å². The molecule has 0 aliphatic rings. The van der Waals surface area contributed by atoms with Crippen LogP contribution in [0.2, 0.25) is 6.04 Å². The third-order valence-corrected chi connectivity index (χ3v) is 5.35. The summed E-state index contributed by atoms with van der Waals surface area (Å²) < 4.78 is 0. The molecule has 0 fully saturated rings. The molecule has 2 heteroatoms. The second-order valence-corrected chi connectivity index (χ2v) is 7.44. The Bertz CT molecular complexity index is 283. The molecule has 0 bridgehead atoms. The third-order valence-electron chi connectivity index (χ3n) is 2.25. The minimum atomic E-state index is -0.809. The molecule has 0 aliphatic carbocycles. The highest BCUT2D eigenvalue weighted by atomic mass is 35.6. The molecule has 0 saturated heterocycles. The van der Waals surface area contributed by atoms with Crippen LogP contribution < -0.4 is 5.19 Å². The number of halogens is 1. The lowest BCUT2D eigenvalue weighted by atomic mass is 10.0. The van der Waals surface area contributed by atoms with Crippen LogP contribution in [0.15, 0.2) is 24.3 Å². The van der Waals surface area contributed by atoms with E-state index in [1.807, 2.05) is 0 Å². The monoisotopic (exact) mass is 225 g/mol. The van der Waals surface area contributed by atoms with E-state index in [0.29, 0.717) is 5.92 Å². The summed E-state index contributed by atoms with van der Waals surface area (Å²) >= 11 is 6.38. The van der Waals surface area contributed by atoms with Crippen LogP contribution in [0.4, 0.5) is 0 Å². The summed E-state index contributed by atoms with van der Waals surface area (Å²) in [6, 6.07) is 9.73. The van der Waals surface area contributed by atoms with E-state index in [9.17, 15) is 0 Å². The molecule has 0 spiro atoms. The second-order valence-electron chi connectivity index (χ2n) is 4.01. The van der Waals surface area contributed by atoms with Gasteiger partial charge in [0.2, 0.25) is 0 Å². The lowest BCUT2D eigenvalue weighted by Gasteiger charge is -2.13. The van der Waals surface area contributed by atoms with Crippen LogP contribution in [0.3, 0.4) is 0 Å². The van der Waals surface area contributed by atoms with E-state index in [-0.39, 0.29) is 0 Å². The van der Waals surface area contributed by atoms with Gasteiger partial charge >= 0.3 is 0 Å². The summed E-state index contributed by atoms with van der Waals surface area (Å²) in [4.78, 5) is 0. The van der Waals surface area contributed by atoms with Crippen LogP contribution in [0.1, 0.15) is 26.3 Å². The second kappa shape index (κ2) is 5.57. The molecule has 0 aliphatic heterocycles. The molecule has 1 rings (SSSR count). The first-order valence-electron chi connectivity index (χ1n) is 5.24. The molecular weight excluding hydrogens is 208 g/mol. The Morgan fingerprint density at radius 2 is 1.93 bits per heavy atom. The maximum atomic E-state index is 6.38. The fourth-order valence-corrected chi connectivity index (χ4v) is 3.34. The Labute approximate surface area is 93.6 Å². The number of hydrogen-bond acceptors (Lipinski definition) is 0. The van der Waals surface area contributed by atoms with Crippen molar-refractivity contribution in [2.45, 2.75) is 33.2 Å². The summed E-state index contributed by atoms with van der Waals surface area (Å²) in [7, 11) is -0.809. The van der Waals surface area contributed by atoms with Crippen LogP contribution in [0.25, 0.3) is 0 Å². The van der Waals surface area contributed by atoms with E-state index in [1.54, 1.807) is 0 Å². The smallest absolute Gasteiger partial charge is 0.163 e. The quantitative estimate of drug-likeness (QED) is 0.545. The van der Waals surface area contributed by atoms with Crippen molar-refractivity contribution in [1.82, 2.24) is 0 Å². The van der Waals surface area contributed by atoms with Crippen molar-refractivity contribution < 1.29 is 0 Å².